The molecular formula is C22H32N2O3. The Morgan fingerprint density at radius 3 is 2.67 bits per heavy atom. The standard InChI is InChI=1S/C20H26N2O2.C2H6O/c1-3-13-12-22-9-7-14(13)10-19(22)20(23)16-6-8-21-18-5-4-15(24-2)11-17(16)18;1-3-2/h4-6,8,11,13-14,19-20,23H,3,7,9-10,12H2,1-2H3;1-2H3/t13-,14-,19-,20+;/m0./s1. The van der Waals surface area contributed by atoms with Gasteiger partial charge in [-0.2, -0.15) is 0 Å². The van der Waals surface area contributed by atoms with Gasteiger partial charge in [-0.05, 0) is 61.1 Å². The molecule has 0 amide bonds. The van der Waals surface area contributed by atoms with Crippen LogP contribution in [0.1, 0.15) is 37.9 Å². The van der Waals surface area contributed by atoms with E-state index in [-0.39, 0.29) is 6.04 Å². The zero-order chi connectivity index (χ0) is 19.4. The van der Waals surface area contributed by atoms with E-state index in [4.69, 9.17) is 4.74 Å². The minimum Gasteiger partial charge on any atom is -0.497 e. The number of nitrogens with zero attached hydrogens (tertiary/aromatic N) is 2. The highest BCUT2D eigenvalue weighted by Gasteiger charge is 2.42. The number of methoxy groups -OCH3 is 2. The van der Waals surface area contributed by atoms with Gasteiger partial charge in [0.05, 0.1) is 18.7 Å². The van der Waals surface area contributed by atoms with Gasteiger partial charge in [-0.3, -0.25) is 9.88 Å². The minimum absolute atomic E-state index is 0.225. The Labute approximate surface area is 162 Å². The van der Waals surface area contributed by atoms with Crippen molar-refractivity contribution in [1.29, 1.82) is 0 Å². The van der Waals surface area contributed by atoms with E-state index in [9.17, 15) is 5.11 Å². The van der Waals surface area contributed by atoms with E-state index in [1.54, 1.807) is 27.5 Å². The van der Waals surface area contributed by atoms with Gasteiger partial charge >= 0.3 is 0 Å². The highest BCUT2D eigenvalue weighted by Crippen LogP contribution is 2.42. The molecule has 5 atom stereocenters. The molecule has 3 aliphatic rings. The largest absolute Gasteiger partial charge is 0.497 e. The summed E-state index contributed by atoms with van der Waals surface area (Å²) >= 11 is 0. The summed E-state index contributed by atoms with van der Waals surface area (Å²) in [6, 6.07) is 8.07. The van der Waals surface area contributed by atoms with Gasteiger partial charge in [0.2, 0.25) is 0 Å². The van der Waals surface area contributed by atoms with Crippen molar-refractivity contribution in [3.05, 3.63) is 36.0 Å². The Bertz CT molecular complexity index is 751. The van der Waals surface area contributed by atoms with Crippen molar-refractivity contribution in [3.8, 4) is 5.75 Å². The predicted molar refractivity (Wildman–Crippen MR) is 108 cm³/mol. The Balaban J connectivity index is 0.000000659. The summed E-state index contributed by atoms with van der Waals surface area (Å²) < 4.78 is 9.61. The van der Waals surface area contributed by atoms with Gasteiger partial charge in [0, 0.05) is 38.4 Å². The van der Waals surface area contributed by atoms with E-state index in [0.717, 1.165) is 53.6 Å². The van der Waals surface area contributed by atoms with Crippen LogP contribution in [0.2, 0.25) is 0 Å². The van der Waals surface area contributed by atoms with E-state index >= 15 is 0 Å². The molecule has 0 unspecified atom stereocenters. The van der Waals surface area contributed by atoms with Crippen LogP contribution in [0.25, 0.3) is 10.9 Å². The number of rotatable bonds is 4. The van der Waals surface area contributed by atoms with Crippen molar-refractivity contribution < 1.29 is 14.6 Å². The minimum atomic E-state index is -0.469. The van der Waals surface area contributed by atoms with Crippen LogP contribution in [0, 0.1) is 11.8 Å². The molecule has 3 aliphatic heterocycles. The molecule has 5 heteroatoms. The third-order valence-electron chi connectivity index (χ3n) is 6.13. The summed E-state index contributed by atoms with van der Waals surface area (Å²) in [4.78, 5) is 6.94. The number of hydrogen-bond acceptors (Lipinski definition) is 5. The maximum atomic E-state index is 11.2. The molecule has 4 heterocycles. The van der Waals surface area contributed by atoms with Crippen LogP contribution in [0.5, 0.6) is 5.75 Å². The molecule has 0 aliphatic carbocycles. The lowest BCUT2D eigenvalue weighted by Crippen LogP contribution is -2.55. The number of hydrogen-bond donors (Lipinski definition) is 1. The zero-order valence-corrected chi connectivity index (χ0v) is 16.9. The molecule has 1 N–H and O–H groups in total. The van der Waals surface area contributed by atoms with Crippen molar-refractivity contribution >= 4 is 10.9 Å². The molecule has 3 saturated heterocycles. The van der Waals surface area contributed by atoms with Gasteiger partial charge in [-0.1, -0.05) is 13.3 Å². The van der Waals surface area contributed by atoms with Crippen molar-refractivity contribution in [2.75, 3.05) is 34.4 Å². The summed E-state index contributed by atoms with van der Waals surface area (Å²) in [6.45, 7) is 4.55. The third-order valence-corrected chi connectivity index (χ3v) is 6.13. The second-order valence-electron chi connectivity index (χ2n) is 7.65. The van der Waals surface area contributed by atoms with Gasteiger partial charge in [0.15, 0.2) is 0 Å². The van der Waals surface area contributed by atoms with Gasteiger partial charge in [-0.25, -0.2) is 0 Å². The number of aliphatic hydroxyl groups is 1. The second kappa shape index (κ2) is 9.00. The SMILES string of the molecule is CC[C@H]1C[N@]2CC[C@H]1C[C@H]2[C@H](O)c1ccnc2ccc(OC)cc12.COC. The molecule has 148 valence electrons. The lowest BCUT2D eigenvalue weighted by molar-refractivity contribution is -0.0562. The first-order valence-corrected chi connectivity index (χ1v) is 9.87. The first kappa shape index (κ1) is 20.1. The lowest BCUT2D eigenvalue weighted by atomic mass is 9.72. The number of pyridine rings is 1. The van der Waals surface area contributed by atoms with Crippen LogP contribution in [0.15, 0.2) is 30.5 Å². The molecule has 2 aromatic rings. The fraction of sp³-hybridized carbons (Fsp3) is 0.591. The number of aliphatic hydroxyl groups excluding tert-OH is 1. The van der Waals surface area contributed by atoms with Crippen LogP contribution in [0.4, 0.5) is 0 Å². The van der Waals surface area contributed by atoms with E-state index < -0.39 is 6.10 Å². The highest BCUT2D eigenvalue weighted by molar-refractivity contribution is 5.83. The van der Waals surface area contributed by atoms with Crippen LogP contribution >= 0.6 is 0 Å². The van der Waals surface area contributed by atoms with Crippen LogP contribution in [-0.4, -0.2) is 55.5 Å². The maximum Gasteiger partial charge on any atom is 0.119 e. The number of fused-ring (bicyclic) bond motifs is 4. The number of aromatic nitrogens is 1. The zero-order valence-electron chi connectivity index (χ0n) is 16.9. The second-order valence-corrected chi connectivity index (χ2v) is 7.65. The molecule has 1 aromatic heterocycles. The molecule has 1 aromatic carbocycles. The Morgan fingerprint density at radius 1 is 1.26 bits per heavy atom. The molecule has 0 saturated carbocycles. The number of benzene rings is 1. The van der Waals surface area contributed by atoms with Gasteiger partial charge < -0.3 is 14.6 Å². The molecule has 2 bridgehead atoms. The van der Waals surface area contributed by atoms with Crippen molar-refractivity contribution in [3.63, 3.8) is 0 Å². The number of piperidine rings is 3. The summed E-state index contributed by atoms with van der Waals surface area (Å²) in [5.74, 6) is 2.37. The third kappa shape index (κ3) is 4.10. The summed E-state index contributed by atoms with van der Waals surface area (Å²) in [5, 5.41) is 12.2. The monoisotopic (exact) mass is 372 g/mol. The highest BCUT2D eigenvalue weighted by atomic mass is 16.5. The Morgan fingerprint density at radius 2 is 2.04 bits per heavy atom. The average molecular weight is 373 g/mol. The van der Waals surface area contributed by atoms with Gasteiger partial charge in [0.25, 0.3) is 0 Å². The quantitative estimate of drug-likeness (QED) is 0.888. The molecule has 3 fully saturated rings. The van der Waals surface area contributed by atoms with Gasteiger partial charge in [0.1, 0.15) is 5.75 Å². The lowest BCUT2D eigenvalue weighted by Gasteiger charge is -2.51. The summed E-state index contributed by atoms with van der Waals surface area (Å²) in [7, 11) is 4.92. The molecule has 0 radical (unpaired) electrons. The average Bonchev–Trinajstić information content (AvgIpc) is 2.73. The van der Waals surface area contributed by atoms with E-state index in [1.807, 2.05) is 24.3 Å². The van der Waals surface area contributed by atoms with E-state index in [0.29, 0.717) is 0 Å². The van der Waals surface area contributed by atoms with Gasteiger partial charge in [-0.15, -0.1) is 0 Å². The molecule has 27 heavy (non-hydrogen) atoms. The fourth-order valence-electron chi connectivity index (χ4n) is 4.71. The van der Waals surface area contributed by atoms with E-state index in [1.165, 1.54) is 12.8 Å². The Hall–Kier alpha value is -1.69. The maximum absolute atomic E-state index is 11.2. The first-order valence-electron chi connectivity index (χ1n) is 9.87. The van der Waals surface area contributed by atoms with Crippen molar-refractivity contribution in [1.82, 2.24) is 9.88 Å². The normalized spacial score (nSPS) is 27.7. The van der Waals surface area contributed by atoms with Crippen LogP contribution < -0.4 is 4.74 Å². The van der Waals surface area contributed by atoms with Crippen molar-refractivity contribution in [2.45, 2.75) is 38.3 Å². The smallest absolute Gasteiger partial charge is 0.119 e. The number of ether oxygens (including phenoxy) is 2. The summed E-state index contributed by atoms with van der Waals surface area (Å²) in [5.41, 5.74) is 1.89. The Kier molecular flexibility index (Phi) is 6.68. The fourth-order valence-corrected chi connectivity index (χ4v) is 4.71. The first-order chi connectivity index (χ1) is 13.1. The predicted octanol–water partition coefficient (Wildman–Crippen LogP) is 3.66. The van der Waals surface area contributed by atoms with Crippen molar-refractivity contribution in [2.24, 2.45) is 11.8 Å². The van der Waals surface area contributed by atoms with Crippen LogP contribution in [0.3, 0.4) is 0 Å². The van der Waals surface area contributed by atoms with E-state index in [2.05, 4.69) is 21.5 Å². The molecule has 5 nitrogen and oxygen atoms in total. The topological polar surface area (TPSA) is 54.8 Å². The molecule has 0 spiro atoms. The van der Waals surface area contributed by atoms with Crippen LogP contribution in [-0.2, 0) is 4.74 Å². The molecule has 5 rings (SSSR count). The molecular weight excluding hydrogens is 340 g/mol. The summed E-state index contributed by atoms with van der Waals surface area (Å²) in [6.07, 6.45) is 4.97.